The number of H-pyrrole nitrogens is 1. The average molecular weight is 355 g/mol. The normalized spacial score (nSPS) is 12.4. The van der Waals surface area contributed by atoms with Crippen molar-refractivity contribution < 1.29 is 4.79 Å². The largest absolute Gasteiger partial charge is 0.361 e. The zero-order valence-electron chi connectivity index (χ0n) is 15.2. The van der Waals surface area contributed by atoms with Crippen molar-refractivity contribution in [1.82, 2.24) is 9.88 Å². The molecule has 3 rings (SSSR count). The Labute approximate surface area is 153 Å². The molecule has 0 aliphatic heterocycles. The van der Waals surface area contributed by atoms with Crippen LogP contribution in [0, 0.1) is 0 Å². The van der Waals surface area contributed by atoms with E-state index in [-0.39, 0.29) is 11.8 Å². The van der Waals surface area contributed by atoms with Gasteiger partial charge in [-0.15, -0.1) is 0 Å². The third kappa shape index (κ3) is 3.49. The first-order chi connectivity index (χ1) is 12.2. The second-order valence-electron chi connectivity index (χ2n) is 6.32. The summed E-state index contributed by atoms with van der Waals surface area (Å²) in [6.07, 6.45) is 3.61. The molecule has 4 heteroatoms. The topological polar surface area (TPSA) is 36.1 Å². The molecule has 3 nitrogen and oxygen atoms in total. The summed E-state index contributed by atoms with van der Waals surface area (Å²) in [5.74, 6) is 0.322. The number of aryl methyl sites for hydroxylation is 1. The molecule has 1 amide bonds. The molecule has 0 fully saturated rings. The van der Waals surface area contributed by atoms with E-state index in [0.717, 1.165) is 19.5 Å². The Kier molecular flexibility index (Phi) is 5.59. The first-order valence-corrected chi connectivity index (χ1v) is 10.0. The van der Waals surface area contributed by atoms with Gasteiger partial charge in [-0.25, -0.2) is 0 Å². The Morgan fingerprint density at radius 2 is 2.00 bits per heavy atom. The monoisotopic (exact) mass is 354 g/mol. The Bertz CT molecular complexity index is 831. The van der Waals surface area contributed by atoms with Gasteiger partial charge in [-0.1, -0.05) is 25.1 Å². The van der Waals surface area contributed by atoms with Crippen molar-refractivity contribution in [3.05, 3.63) is 57.9 Å². The highest BCUT2D eigenvalue weighted by Crippen LogP contribution is 2.35. The fourth-order valence-electron chi connectivity index (χ4n) is 3.58. The van der Waals surface area contributed by atoms with Gasteiger partial charge in [0.2, 0.25) is 5.91 Å². The van der Waals surface area contributed by atoms with Crippen molar-refractivity contribution in [3.63, 3.8) is 0 Å². The highest BCUT2D eigenvalue weighted by molar-refractivity contribution is 7.08. The van der Waals surface area contributed by atoms with Crippen LogP contribution in [0.4, 0.5) is 0 Å². The molecule has 3 aromatic rings. The number of para-hydroxylation sites is 1. The van der Waals surface area contributed by atoms with Crippen molar-refractivity contribution in [2.45, 2.75) is 39.5 Å². The molecule has 0 aliphatic carbocycles. The second-order valence-corrected chi connectivity index (χ2v) is 7.10. The van der Waals surface area contributed by atoms with Gasteiger partial charge in [0.05, 0.1) is 0 Å². The zero-order chi connectivity index (χ0) is 17.8. The summed E-state index contributed by atoms with van der Waals surface area (Å²) in [6.45, 7) is 7.79. The Balaban J connectivity index is 2.03. The fourth-order valence-corrected chi connectivity index (χ4v) is 4.30. The van der Waals surface area contributed by atoms with Crippen molar-refractivity contribution >= 4 is 28.1 Å². The quantitative estimate of drug-likeness (QED) is 0.623. The number of aromatic nitrogens is 1. The van der Waals surface area contributed by atoms with Crippen LogP contribution in [0.5, 0.6) is 0 Å². The highest BCUT2D eigenvalue weighted by atomic mass is 32.1. The van der Waals surface area contributed by atoms with E-state index >= 15 is 0 Å². The van der Waals surface area contributed by atoms with Crippen LogP contribution in [0.1, 0.15) is 49.8 Å². The van der Waals surface area contributed by atoms with E-state index in [9.17, 15) is 4.79 Å². The van der Waals surface area contributed by atoms with Gasteiger partial charge in [-0.05, 0) is 53.8 Å². The lowest BCUT2D eigenvalue weighted by molar-refractivity contribution is -0.131. The van der Waals surface area contributed by atoms with E-state index < -0.39 is 0 Å². The molecule has 0 spiro atoms. The van der Waals surface area contributed by atoms with Crippen molar-refractivity contribution in [1.29, 1.82) is 0 Å². The van der Waals surface area contributed by atoms with Gasteiger partial charge >= 0.3 is 0 Å². The molecule has 1 unspecified atom stereocenters. The summed E-state index contributed by atoms with van der Waals surface area (Å²) in [5, 5.41) is 5.50. The van der Waals surface area contributed by atoms with Crippen LogP contribution in [-0.2, 0) is 11.2 Å². The predicted octanol–water partition coefficient (Wildman–Crippen LogP) is 5.18. The van der Waals surface area contributed by atoms with E-state index in [2.05, 4.69) is 53.1 Å². The van der Waals surface area contributed by atoms with Crippen LogP contribution in [-0.4, -0.2) is 28.9 Å². The van der Waals surface area contributed by atoms with Gasteiger partial charge in [-0.3, -0.25) is 4.79 Å². The molecule has 0 saturated heterocycles. The number of benzene rings is 1. The Morgan fingerprint density at radius 3 is 2.64 bits per heavy atom. The van der Waals surface area contributed by atoms with Gasteiger partial charge in [0, 0.05) is 42.5 Å². The number of rotatable bonds is 7. The maximum absolute atomic E-state index is 12.8. The molecule has 0 aliphatic rings. The van der Waals surface area contributed by atoms with Crippen molar-refractivity contribution in [2.75, 3.05) is 13.1 Å². The predicted molar refractivity (Wildman–Crippen MR) is 106 cm³/mol. The van der Waals surface area contributed by atoms with E-state index in [1.165, 1.54) is 27.6 Å². The summed E-state index contributed by atoms with van der Waals surface area (Å²) in [5.41, 5.74) is 4.98. The number of hydrogen-bond acceptors (Lipinski definition) is 2. The zero-order valence-corrected chi connectivity index (χ0v) is 16.0. The summed E-state index contributed by atoms with van der Waals surface area (Å²) in [7, 11) is 0. The molecule has 1 atom stereocenters. The number of hydrogen-bond donors (Lipinski definition) is 1. The molecule has 25 heavy (non-hydrogen) atoms. The molecule has 132 valence electrons. The number of nitrogens with zero attached hydrogens (tertiary/aromatic N) is 1. The lowest BCUT2D eigenvalue weighted by atomic mass is 9.89. The van der Waals surface area contributed by atoms with Crippen LogP contribution in [0.25, 0.3) is 10.9 Å². The molecule has 2 heterocycles. The Hall–Kier alpha value is -2.07. The first kappa shape index (κ1) is 17.7. The number of carbonyl (C=O) groups excluding carboxylic acids is 1. The third-order valence-electron chi connectivity index (χ3n) is 5.03. The minimum Gasteiger partial charge on any atom is -0.361 e. The van der Waals surface area contributed by atoms with Gasteiger partial charge in [-0.2, -0.15) is 11.3 Å². The number of aromatic amines is 1. The van der Waals surface area contributed by atoms with Crippen LogP contribution in [0.3, 0.4) is 0 Å². The van der Waals surface area contributed by atoms with Crippen LogP contribution >= 0.6 is 11.3 Å². The van der Waals surface area contributed by atoms with E-state index in [1.807, 2.05) is 18.7 Å². The second kappa shape index (κ2) is 7.87. The van der Waals surface area contributed by atoms with Crippen LogP contribution in [0.2, 0.25) is 0 Å². The smallest absolute Gasteiger partial charge is 0.223 e. The highest BCUT2D eigenvalue weighted by Gasteiger charge is 2.24. The van der Waals surface area contributed by atoms with E-state index in [1.54, 1.807) is 11.3 Å². The number of fused-ring (bicyclic) bond motifs is 1. The Morgan fingerprint density at radius 1 is 1.20 bits per heavy atom. The van der Waals surface area contributed by atoms with Gasteiger partial charge < -0.3 is 9.88 Å². The number of amides is 1. The lowest BCUT2D eigenvalue weighted by Crippen LogP contribution is -2.31. The van der Waals surface area contributed by atoms with Gasteiger partial charge in [0.1, 0.15) is 0 Å². The molecular weight excluding hydrogens is 328 g/mol. The molecule has 0 saturated carbocycles. The summed E-state index contributed by atoms with van der Waals surface area (Å²) >= 11 is 1.69. The summed E-state index contributed by atoms with van der Waals surface area (Å²) in [4.78, 5) is 18.2. The summed E-state index contributed by atoms with van der Waals surface area (Å²) < 4.78 is 0. The van der Waals surface area contributed by atoms with Crippen LogP contribution < -0.4 is 0 Å². The maximum atomic E-state index is 12.8. The summed E-state index contributed by atoms with van der Waals surface area (Å²) in [6, 6.07) is 8.60. The van der Waals surface area contributed by atoms with Gasteiger partial charge in [0.25, 0.3) is 0 Å². The molecule has 2 aromatic heterocycles. The standard InChI is InChI=1S/C21H26N2OS/c1-4-15-8-7-9-17-19(13-22-21(15)17)18(16-10-11-25-14-16)12-20(24)23(5-2)6-3/h7-11,13-14,18,22H,4-6,12H2,1-3H3. The molecule has 1 aromatic carbocycles. The molecule has 1 N–H and O–H groups in total. The molecular formula is C21H26N2OS. The van der Waals surface area contributed by atoms with E-state index in [0.29, 0.717) is 6.42 Å². The first-order valence-electron chi connectivity index (χ1n) is 9.08. The fraction of sp³-hybridized carbons (Fsp3) is 0.381. The van der Waals surface area contributed by atoms with E-state index in [4.69, 9.17) is 0 Å². The van der Waals surface area contributed by atoms with Crippen LogP contribution in [0.15, 0.2) is 41.2 Å². The number of thiophene rings is 1. The minimum absolute atomic E-state index is 0.0974. The maximum Gasteiger partial charge on any atom is 0.223 e. The van der Waals surface area contributed by atoms with Gasteiger partial charge in [0.15, 0.2) is 0 Å². The SMILES string of the molecule is CCc1cccc2c(C(CC(=O)N(CC)CC)c3ccsc3)c[nH]c12. The molecule has 0 bridgehead atoms. The minimum atomic E-state index is 0.0974. The van der Waals surface area contributed by atoms with Crippen molar-refractivity contribution in [3.8, 4) is 0 Å². The number of nitrogens with one attached hydrogen (secondary N) is 1. The lowest BCUT2D eigenvalue weighted by Gasteiger charge is -2.22. The third-order valence-corrected chi connectivity index (χ3v) is 5.73. The van der Waals surface area contributed by atoms with Crippen molar-refractivity contribution in [2.24, 2.45) is 0 Å². The molecule has 0 radical (unpaired) electrons. The average Bonchev–Trinajstić information content (AvgIpc) is 3.30. The number of carbonyl (C=O) groups is 1.